The fourth-order valence-corrected chi connectivity index (χ4v) is 5.18. The normalized spacial score (nSPS) is 22.1. The number of rotatable bonds is 7. The van der Waals surface area contributed by atoms with Gasteiger partial charge in [-0.1, -0.05) is 6.07 Å². The maximum Gasteiger partial charge on any atom is 0.320 e. The number of fused-ring (bicyclic) bond motifs is 2. The van der Waals surface area contributed by atoms with Crippen molar-refractivity contribution < 1.29 is 13.9 Å². The highest BCUT2D eigenvalue weighted by Gasteiger charge is 2.42. The number of hydrogen-bond acceptors (Lipinski definition) is 7. The van der Waals surface area contributed by atoms with Gasteiger partial charge in [0.2, 0.25) is 5.88 Å². The summed E-state index contributed by atoms with van der Waals surface area (Å²) in [5, 5.41) is 12.8. The molecule has 5 rings (SSSR count). The first kappa shape index (κ1) is 21.6. The van der Waals surface area contributed by atoms with E-state index < -0.39 is 0 Å². The van der Waals surface area contributed by atoms with E-state index in [1.165, 1.54) is 25.0 Å². The number of halogens is 1. The van der Waals surface area contributed by atoms with Crippen molar-refractivity contribution in [1.29, 1.82) is 0 Å². The van der Waals surface area contributed by atoms with Gasteiger partial charge in [-0.05, 0) is 56.6 Å². The molecule has 8 nitrogen and oxygen atoms in total. The molecule has 1 aromatic carbocycles. The maximum absolute atomic E-state index is 13.6. The van der Waals surface area contributed by atoms with E-state index in [1.807, 2.05) is 26.1 Å². The number of methoxy groups -OCH3 is 1. The Balaban J connectivity index is 1.31. The largest absolute Gasteiger partial charge is 0.480 e. The van der Waals surface area contributed by atoms with Crippen LogP contribution in [0, 0.1) is 23.6 Å². The van der Waals surface area contributed by atoms with E-state index in [9.17, 15) is 4.39 Å². The quantitative estimate of drug-likeness (QED) is 0.529. The molecule has 3 aromatic rings. The van der Waals surface area contributed by atoms with Gasteiger partial charge in [0, 0.05) is 31.6 Å². The molecule has 3 heterocycles. The van der Waals surface area contributed by atoms with Crippen LogP contribution in [0.3, 0.4) is 0 Å². The Labute approximate surface area is 192 Å². The molecule has 3 atom stereocenters. The number of aromatic nitrogens is 5. The monoisotopic (exact) mass is 452 g/mol. The second-order valence-corrected chi connectivity index (χ2v) is 9.23. The number of benzene rings is 1. The fraction of sp³-hybridized carbons (Fsp3) is 0.500. The van der Waals surface area contributed by atoms with Crippen molar-refractivity contribution in [2.45, 2.75) is 39.2 Å². The average Bonchev–Trinajstić information content (AvgIpc) is 3.29. The summed E-state index contributed by atoms with van der Waals surface area (Å²) in [4.78, 5) is 7.10. The third-order valence-electron chi connectivity index (χ3n) is 6.78. The van der Waals surface area contributed by atoms with E-state index in [4.69, 9.17) is 19.6 Å². The van der Waals surface area contributed by atoms with Crippen LogP contribution in [0.15, 0.2) is 36.5 Å². The lowest BCUT2D eigenvalue weighted by Crippen LogP contribution is -2.42. The van der Waals surface area contributed by atoms with Crippen molar-refractivity contribution in [3.05, 3.63) is 48.2 Å². The van der Waals surface area contributed by atoms with Gasteiger partial charge in [0.25, 0.3) is 0 Å². The summed E-state index contributed by atoms with van der Waals surface area (Å²) in [5.41, 5.74) is 1.06. The van der Waals surface area contributed by atoms with Crippen LogP contribution >= 0.6 is 0 Å². The summed E-state index contributed by atoms with van der Waals surface area (Å²) >= 11 is 0. The Morgan fingerprint density at radius 1 is 1.15 bits per heavy atom. The predicted octanol–water partition coefficient (Wildman–Crippen LogP) is 4.29. The Morgan fingerprint density at radius 2 is 1.94 bits per heavy atom. The predicted molar refractivity (Wildman–Crippen MR) is 121 cm³/mol. The topological polar surface area (TPSA) is 78.2 Å². The van der Waals surface area contributed by atoms with Gasteiger partial charge >= 0.3 is 6.01 Å². The lowest BCUT2D eigenvalue weighted by atomic mass is 9.82. The highest BCUT2D eigenvalue weighted by atomic mass is 19.1. The van der Waals surface area contributed by atoms with Crippen molar-refractivity contribution in [2.75, 3.05) is 25.1 Å². The molecule has 174 valence electrons. The van der Waals surface area contributed by atoms with E-state index in [1.54, 1.807) is 23.9 Å². The number of ether oxygens (including phenoxy) is 2. The van der Waals surface area contributed by atoms with E-state index in [2.05, 4.69) is 15.1 Å². The maximum atomic E-state index is 13.6. The minimum Gasteiger partial charge on any atom is -0.480 e. The molecule has 2 aliphatic rings. The molecule has 1 unspecified atom stereocenters. The Kier molecular flexibility index (Phi) is 5.86. The molecular formula is C24H29FN6O2. The molecule has 1 saturated carbocycles. The summed E-state index contributed by atoms with van der Waals surface area (Å²) in [5.74, 6) is 3.08. The number of anilines is 1. The highest BCUT2D eigenvalue weighted by Crippen LogP contribution is 2.44. The van der Waals surface area contributed by atoms with Crippen LogP contribution in [0.2, 0.25) is 0 Å². The smallest absolute Gasteiger partial charge is 0.320 e. The van der Waals surface area contributed by atoms with Crippen LogP contribution in [-0.4, -0.2) is 45.2 Å². The van der Waals surface area contributed by atoms with Gasteiger partial charge in [0.1, 0.15) is 11.6 Å². The molecule has 0 radical (unpaired) electrons. The van der Waals surface area contributed by atoms with E-state index in [0.29, 0.717) is 35.4 Å². The molecule has 1 aliphatic heterocycles. The third kappa shape index (κ3) is 4.49. The van der Waals surface area contributed by atoms with Crippen LogP contribution in [-0.2, 0) is 6.42 Å². The molecule has 33 heavy (non-hydrogen) atoms. The van der Waals surface area contributed by atoms with Gasteiger partial charge in [0.05, 0.1) is 25.0 Å². The number of nitrogens with zero attached hydrogens (tertiary/aromatic N) is 6. The molecule has 2 bridgehead atoms. The lowest BCUT2D eigenvalue weighted by Gasteiger charge is -2.38. The van der Waals surface area contributed by atoms with Crippen molar-refractivity contribution in [3.63, 3.8) is 0 Å². The molecule has 2 fully saturated rings. The van der Waals surface area contributed by atoms with Crippen molar-refractivity contribution in [2.24, 2.45) is 17.8 Å². The zero-order valence-electron chi connectivity index (χ0n) is 19.2. The fourth-order valence-electron chi connectivity index (χ4n) is 5.18. The zero-order chi connectivity index (χ0) is 22.9. The zero-order valence-corrected chi connectivity index (χ0v) is 19.2. The minimum atomic E-state index is -0.339. The van der Waals surface area contributed by atoms with Crippen LogP contribution in [0.4, 0.5) is 10.1 Å². The number of hydrogen-bond donors (Lipinski definition) is 0. The molecule has 0 N–H and O–H groups in total. The SMILES string of the molecule is COc1cc(N2C[C@H]3CC[C@@H](C2)C3Cc2nc(Oc3cccc(F)c3)n(C(C)C)n2)cnn1. The first-order chi connectivity index (χ1) is 16.0. The standard InChI is InChI=1S/C24H29FN6O2/c1-15(2)31-24(33-20-6-4-5-18(25)9-20)27-22(29-31)11-21-16-7-8-17(21)14-30(13-16)19-10-23(32-3)28-26-12-19/h4-6,9-10,12,15-17,21H,7-8,11,13-14H2,1-3H3/t16-,17+,21?. The van der Waals surface area contributed by atoms with E-state index in [0.717, 1.165) is 31.0 Å². The molecule has 1 aliphatic carbocycles. The second kappa shape index (κ2) is 8.96. The molecule has 0 amide bonds. The van der Waals surface area contributed by atoms with Gasteiger partial charge in [-0.2, -0.15) is 15.2 Å². The van der Waals surface area contributed by atoms with Crippen LogP contribution in [0.25, 0.3) is 0 Å². The van der Waals surface area contributed by atoms with Crippen molar-refractivity contribution >= 4 is 5.69 Å². The van der Waals surface area contributed by atoms with Crippen molar-refractivity contribution in [1.82, 2.24) is 25.0 Å². The molecular weight excluding hydrogens is 423 g/mol. The first-order valence-corrected chi connectivity index (χ1v) is 11.5. The average molecular weight is 453 g/mol. The molecule has 2 aromatic heterocycles. The molecule has 0 spiro atoms. The molecule has 9 heteroatoms. The summed E-state index contributed by atoms with van der Waals surface area (Å²) in [7, 11) is 1.61. The summed E-state index contributed by atoms with van der Waals surface area (Å²) in [6.45, 7) is 6.04. The Morgan fingerprint density at radius 3 is 2.64 bits per heavy atom. The van der Waals surface area contributed by atoms with Gasteiger partial charge < -0.3 is 14.4 Å². The van der Waals surface area contributed by atoms with Gasteiger partial charge in [-0.15, -0.1) is 5.10 Å². The number of piperidine rings is 1. The first-order valence-electron chi connectivity index (χ1n) is 11.5. The molecule has 1 saturated heterocycles. The summed E-state index contributed by atoms with van der Waals surface area (Å²) in [6, 6.07) is 8.55. The Bertz CT molecular complexity index is 1110. The van der Waals surface area contributed by atoms with Crippen molar-refractivity contribution in [3.8, 4) is 17.6 Å². The summed E-state index contributed by atoms with van der Waals surface area (Å²) < 4.78 is 26.5. The van der Waals surface area contributed by atoms with Crippen LogP contribution in [0.5, 0.6) is 17.6 Å². The van der Waals surface area contributed by atoms with Crippen LogP contribution < -0.4 is 14.4 Å². The minimum absolute atomic E-state index is 0.0857. The van der Waals surface area contributed by atoms with Gasteiger partial charge in [0.15, 0.2) is 5.82 Å². The van der Waals surface area contributed by atoms with Gasteiger partial charge in [-0.25, -0.2) is 9.07 Å². The third-order valence-corrected chi connectivity index (χ3v) is 6.78. The summed E-state index contributed by atoms with van der Waals surface area (Å²) in [6.07, 6.45) is 5.04. The van der Waals surface area contributed by atoms with Gasteiger partial charge in [-0.3, -0.25) is 0 Å². The highest BCUT2D eigenvalue weighted by molar-refractivity contribution is 5.47. The van der Waals surface area contributed by atoms with E-state index in [-0.39, 0.29) is 11.9 Å². The van der Waals surface area contributed by atoms with Crippen LogP contribution in [0.1, 0.15) is 38.6 Å². The second-order valence-electron chi connectivity index (χ2n) is 9.23. The Hall–Kier alpha value is -3.23. The van der Waals surface area contributed by atoms with E-state index >= 15 is 0 Å². The lowest BCUT2D eigenvalue weighted by molar-refractivity contribution is 0.265.